The van der Waals surface area contributed by atoms with Crippen molar-refractivity contribution >= 4 is 22.8 Å². The number of H-pyrrole nitrogens is 1. The summed E-state index contributed by atoms with van der Waals surface area (Å²) in [6, 6.07) is 6.06. The molecule has 162 valence electrons. The third-order valence-electron chi connectivity index (χ3n) is 5.64. The van der Waals surface area contributed by atoms with Crippen molar-refractivity contribution in [1.82, 2.24) is 24.5 Å². The Bertz CT molecular complexity index is 1450. The normalized spacial score (nSPS) is 16.0. The van der Waals surface area contributed by atoms with E-state index >= 15 is 0 Å². The first-order chi connectivity index (χ1) is 15.6. The van der Waals surface area contributed by atoms with Crippen LogP contribution in [0.4, 0.5) is 4.39 Å². The number of oxazole rings is 1. The summed E-state index contributed by atoms with van der Waals surface area (Å²) < 4.78 is 20.6. The molecular weight excluding hydrogens is 433 g/mol. The Balaban J connectivity index is 1.36. The maximum atomic E-state index is 13.2. The number of aromatic nitrogens is 5. The number of nitrogens with one attached hydrogen (secondary N) is 1. The molecule has 10 heteroatoms. The van der Waals surface area contributed by atoms with Crippen molar-refractivity contribution in [1.29, 1.82) is 0 Å². The van der Waals surface area contributed by atoms with Crippen LogP contribution in [-0.2, 0) is 5.75 Å². The number of nitrogens with zero attached hydrogens (tertiary/aromatic N) is 4. The molecular formula is C22H18FN5O3S. The van der Waals surface area contributed by atoms with Crippen molar-refractivity contribution in [3.63, 3.8) is 0 Å². The van der Waals surface area contributed by atoms with Crippen LogP contribution in [0.2, 0.25) is 0 Å². The fourth-order valence-electron chi connectivity index (χ4n) is 3.69. The highest BCUT2D eigenvalue weighted by Crippen LogP contribution is 2.41. The molecule has 2 aliphatic rings. The highest BCUT2D eigenvalue weighted by atomic mass is 32.2. The molecule has 2 aliphatic carbocycles. The number of fused-ring (bicyclic) bond motifs is 1. The predicted molar refractivity (Wildman–Crippen MR) is 116 cm³/mol. The van der Waals surface area contributed by atoms with Crippen molar-refractivity contribution in [3.8, 4) is 11.3 Å². The van der Waals surface area contributed by atoms with Crippen LogP contribution in [0.5, 0.6) is 0 Å². The highest BCUT2D eigenvalue weighted by molar-refractivity contribution is 7.98. The van der Waals surface area contributed by atoms with Crippen LogP contribution in [-0.4, -0.2) is 24.5 Å². The lowest BCUT2D eigenvalue weighted by atomic mass is 10.2. The molecule has 3 heterocycles. The standard InChI is InChI=1S/C22H18FN5O3S/c23-13-5-3-11(4-6-13)15-9-24-16(31-15)10-32-21-17-19(25-18(26-21)12-1-2-12)28(14-7-8-14)22(30)27-20(17)29/h3-6,9,12,14H,1-2,7-8,10H2,(H,27,29,30). The lowest BCUT2D eigenvalue weighted by Gasteiger charge is -2.11. The lowest BCUT2D eigenvalue weighted by molar-refractivity contribution is 0.529. The molecule has 1 aromatic carbocycles. The molecule has 2 saturated carbocycles. The van der Waals surface area contributed by atoms with Gasteiger partial charge in [-0.25, -0.2) is 24.1 Å². The van der Waals surface area contributed by atoms with Gasteiger partial charge in [-0.1, -0.05) is 11.8 Å². The summed E-state index contributed by atoms with van der Waals surface area (Å²) >= 11 is 1.33. The van der Waals surface area contributed by atoms with Gasteiger partial charge in [0.15, 0.2) is 11.4 Å². The molecule has 0 unspecified atom stereocenters. The second-order valence-corrected chi connectivity index (χ2v) is 9.10. The van der Waals surface area contributed by atoms with E-state index in [9.17, 15) is 14.0 Å². The number of thioether (sulfide) groups is 1. The van der Waals surface area contributed by atoms with E-state index in [1.54, 1.807) is 22.9 Å². The van der Waals surface area contributed by atoms with Crippen LogP contribution in [0.15, 0.2) is 49.5 Å². The van der Waals surface area contributed by atoms with E-state index in [4.69, 9.17) is 4.42 Å². The van der Waals surface area contributed by atoms with Crippen molar-refractivity contribution in [2.75, 3.05) is 0 Å². The highest BCUT2D eigenvalue weighted by Gasteiger charge is 2.32. The van der Waals surface area contributed by atoms with Crippen molar-refractivity contribution in [2.45, 2.75) is 48.4 Å². The van der Waals surface area contributed by atoms with E-state index in [-0.39, 0.29) is 17.8 Å². The van der Waals surface area contributed by atoms with Gasteiger partial charge in [0, 0.05) is 17.5 Å². The maximum Gasteiger partial charge on any atom is 0.330 e. The quantitative estimate of drug-likeness (QED) is 0.351. The summed E-state index contributed by atoms with van der Waals surface area (Å²) in [5.74, 6) is 1.97. The van der Waals surface area contributed by atoms with Gasteiger partial charge in [0.2, 0.25) is 5.89 Å². The fraction of sp³-hybridized carbons (Fsp3) is 0.318. The average molecular weight is 451 g/mol. The molecule has 0 spiro atoms. The number of rotatable bonds is 6. The molecule has 32 heavy (non-hydrogen) atoms. The summed E-state index contributed by atoms with van der Waals surface area (Å²) in [6.07, 6.45) is 5.40. The molecule has 0 radical (unpaired) electrons. The summed E-state index contributed by atoms with van der Waals surface area (Å²) in [4.78, 5) is 41.2. The van der Waals surface area contributed by atoms with Gasteiger partial charge >= 0.3 is 5.69 Å². The third kappa shape index (κ3) is 3.54. The first-order valence-electron chi connectivity index (χ1n) is 10.5. The minimum absolute atomic E-state index is 0.0756. The Morgan fingerprint density at radius 3 is 2.62 bits per heavy atom. The summed E-state index contributed by atoms with van der Waals surface area (Å²) in [7, 11) is 0. The first-order valence-corrected chi connectivity index (χ1v) is 11.5. The molecule has 4 aromatic rings. The van der Waals surface area contributed by atoms with E-state index in [2.05, 4.69) is 19.9 Å². The van der Waals surface area contributed by atoms with Crippen molar-refractivity contribution in [2.24, 2.45) is 0 Å². The van der Waals surface area contributed by atoms with Crippen molar-refractivity contribution in [3.05, 3.63) is 68.8 Å². The minimum Gasteiger partial charge on any atom is -0.440 e. The largest absolute Gasteiger partial charge is 0.440 e. The Kier molecular flexibility index (Phi) is 4.49. The van der Waals surface area contributed by atoms with Crippen LogP contribution in [0.1, 0.15) is 49.4 Å². The molecule has 0 saturated heterocycles. The zero-order valence-corrected chi connectivity index (χ0v) is 17.7. The van der Waals surface area contributed by atoms with Gasteiger partial charge in [-0.2, -0.15) is 0 Å². The first kappa shape index (κ1) is 19.4. The van der Waals surface area contributed by atoms with Crippen LogP contribution < -0.4 is 11.2 Å². The summed E-state index contributed by atoms with van der Waals surface area (Å²) in [5, 5.41) is 0.852. The second-order valence-electron chi connectivity index (χ2n) is 8.13. The molecule has 2 fully saturated rings. The number of hydrogen-bond acceptors (Lipinski definition) is 7. The topological polar surface area (TPSA) is 107 Å². The van der Waals surface area contributed by atoms with Crippen LogP contribution in [0.3, 0.4) is 0 Å². The summed E-state index contributed by atoms with van der Waals surface area (Å²) in [6.45, 7) is 0. The number of benzene rings is 1. The van der Waals surface area contributed by atoms with Crippen LogP contribution in [0.25, 0.3) is 22.4 Å². The van der Waals surface area contributed by atoms with E-state index in [1.807, 2.05) is 0 Å². The molecule has 6 rings (SSSR count). The number of aromatic amines is 1. The van der Waals surface area contributed by atoms with E-state index in [0.717, 1.165) is 31.2 Å². The van der Waals surface area contributed by atoms with Crippen LogP contribution in [0, 0.1) is 5.82 Å². The molecule has 0 atom stereocenters. The second kappa shape index (κ2) is 7.40. The average Bonchev–Trinajstić information content (AvgIpc) is 3.71. The Morgan fingerprint density at radius 2 is 1.91 bits per heavy atom. The third-order valence-corrected chi connectivity index (χ3v) is 6.60. The maximum absolute atomic E-state index is 13.2. The zero-order chi connectivity index (χ0) is 21.8. The number of halogens is 1. The number of hydrogen-bond donors (Lipinski definition) is 1. The van der Waals surface area contributed by atoms with Gasteiger partial charge in [-0.15, -0.1) is 0 Å². The van der Waals surface area contributed by atoms with Gasteiger partial charge in [0.1, 0.15) is 22.1 Å². The van der Waals surface area contributed by atoms with Gasteiger partial charge in [0.05, 0.1) is 11.9 Å². The molecule has 1 N–H and O–H groups in total. The molecule has 0 bridgehead atoms. The Labute approximate surface area is 184 Å². The predicted octanol–water partition coefficient (Wildman–Crippen LogP) is 3.78. The van der Waals surface area contributed by atoms with Gasteiger partial charge < -0.3 is 4.42 Å². The van der Waals surface area contributed by atoms with E-state index < -0.39 is 11.2 Å². The molecule has 8 nitrogen and oxygen atoms in total. The Hall–Kier alpha value is -3.27. The molecule has 0 aliphatic heterocycles. The minimum atomic E-state index is -0.480. The molecule has 0 amide bonds. The summed E-state index contributed by atoms with van der Waals surface area (Å²) in [5.41, 5.74) is 0.243. The van der Waals surface area contributed by atoms with Gasteiger partial charge in [-0.05, 0) is 49.9 Å². The van der Waals surface area contributed by atoms with Gasteiger partial charge in [0.25, 0.3) is 5.56 Å². The van der Waals surface area contributed by atoms with E-state index in [0.29, 0.717) is 39.3 Å². The Morgan fingerprint density at radius 1 is 1.12 bits per heavy atom. The monoisotopic (exact) mass is 451 g/mol. The van der Waals surface area contributed by atoms with E-state index in [1.165, 1.54) is 23.9 Å². The van der Waals surface area contributed by atoms with Gasteiger partial charge in [-0.3, -0.25) is 14.3 Å². The fourth-order valence-corrected chi connectivity index (χ4v) is 4.57. The van der Waals surface area contributed by atoms with Crippen LogP contribution >= 0.6 is 11.8 Å². The SMILES string of the molecule is O=c1[nH]c(=O)n(C2CC2)c2nc(C3CC3)nc(SCc3ncc(-c4ccc(F)cc4)o3)c12. The van der Waals surface area contributed by atoms with Crippen molar-refractivity contribution < 1.29 is 8.81 Å². The zero-order valence-electron chi connectivity index (χ0n) is 16.9. The molecule has 3 aromatic heterocycles. The lowest BCUT2D eigenvalue weighted by Crippen LogP contribution is -2.31. The smallest absolute Gasteiger partial charge is 0.330 e.